The molecule has 3 aromatic rings. The van der Waals surface area contributed by atoms with E-state index in [4.69, 9.17) is 0 Å². The molecule has 2 aromatic heterocycles. The first-order valence-corrected chi connectivity index (χ1v) is 8.45. The normalized spacial score (nSPS) is 12.2. The van der Waals surface area contributed by atoms with Gasteiger partial charge < -0.3 is 4.74 Å². The van der Waals surface area contributed by atoms with Crippen LogP contribution in [-0.2, 0) is 7.05 Å². The molecule has 0 atom stereocenters. The van der Waals surface area contributed by atoms with Crippen LogP contribution in [0.1, 0.15) is 36.6 Å². The van der Waals surface area contributed by atoms with E-state index in [1.165, 1.54) is 22.8 Å². The Morgan fingerprint density at radius 2 is 1.81 bits per heavy atom. The molecule has 144 valence electrons. The highest BCUT2D eigenvalue weighted by atomic mass is 19.4. The second-order valence-corrected chi connectivity index (χ2v) is 6.87. The number of fused-ring (bicyclic) bond motifs is 1. The molecule has 5 nitrogen and oxygen atoms in total. The Morgan fingerprint density at radius 1 is 1.15 bits per heavy atom. The van der Waals surface area contributed by atoms with Gasteiger partial charge in [-0.1, -0.05) is 13.8 Å². The summed E-state index contributed by atoms with van der Waals surface area (Å²) in [6, 6.07) is 5.91. The minimum Gasteiger partial charge on any atom is -0.406 e. The Labute approximate surface area is 154 Å². The van der Waals surface area contributed by atoms with E-state index in [0.29, 0.717) is 22.5 Å². The van der Waals surface area contributed by atoms with Gasteiger partial charge in [0.2, 0.25) is 0 Å². The van der Waals surface area contributed by atoms with E-state index in [9.17, 15) is 18.0 Å². The standard InChI is InChI=1S/C19H20F3N3O2/c1-10(2)15-9-12(4)25-16(15)18(26)24(5)17(23-25)14-7-6-13(8-11(14)3)27-19(20,21)22/h6-10H,1-5H3. The van der Waals surface area contributed by atoms with Crippen molar-refractivity contribution in [2.45, 2.75) is 40.0 Å². The summed E-state index contributed by atoms with van der Waals surface area (Å²) in [7, 11) is 1.61. The van der Waals surface area contributed by atoms with Crippen molar-refractivity contribution in [3.8, 4) is 17.1 Å². The van der Waals surface area contributed by atoms with Crippen LogP contribution in [-0.4, -0.2) is 20.5 Å². The van der Waals surface area contributed by atoms with E-state index in [0.717, 1.165) is 11.3 Å². The highest BCUT2D eigenvalue weighted by Gasteiger charge is 2.31. The largest absolute Gasteiger partial charge is 0.573 e. The lowest BCUT2D eigenvalue weighted by atomic mass is 10.1. The van der Waals surface area contributed by atoms with Gasteiger partial charge in [-0.05, 0) is 55.2 Å². The zero-order valence-corrected chi connectivity index (χ0v) is 15.7. The van der Waals surface area contributed by atoms with Crippen LogP contribution in [0.5, 0.6) is 5.75 Å². The third-order valence-electron chi connectivity index (χ3n) is 4.50. The molecule has 0 saturated heterocycles. The number of rotatable bonds is 3. The summed E-state index contributed by atoms with van der Waals surface area (Å²) in [5.41, 5.74) is 3.13. The minimum absolute atomic E-state index is 0.162. The fraction of sp³-hybridized carbons (Fsp3) is 0.368. The highest BCUT2D eigenvalue weighted by molar-refractivity contribution is 5.64. The molecule has 0 aliphatic rings. The van der Waals surface area contributed by atoms with Gasteiger partial charge in [-0.15, -0.1) is 18.3 Å². The van der Waals surface area contributed by atoms with Crippen LogP contribution < -0.4 is 10.3 Å². The van der Waals surface area contributed by atoms with E-state index in [-0.39, 0.29) is 17.2 Å². The van der Waals surface area contributed by atoms with Crippen LogP contribution in [0.25, 0.3) is 16.9 Å². The van der Waals surface area contributed by atoms with Crippen molar-refractivity contribution in [3.05, 3.63) is 51.4 Å². The van der Waals surface area contributed by atoms with Crippen molar-refractivity contribution < 1.29 is 17.9 Å². The molecule has 0 unspecified atom stereocenters. The fourth-order valence-electron chi connectivity index (χ4n) is 3.17. The summed E-state index contributed by atoms with van der Waals surface area (Å²) in [5, 5.41) is 4.59. The first-order chi connectivity index (χ1) is 12.5. The third-order valence-corrected chi connectivity index (χ3v) is 4.50. The Morgan fingerprint density at radius 3 is 2.37 bits per heavy atom. The quantitative estimate of drug-likeness (QED) is 0.680. The maximum Gasteiger partial charge on any atom is 0.573 e. The van der Waals surface area contributed by atoms with Crippen molar-refractivity contribution in [1.29, 1.82) is 0 Å². The topological polar surface area (TPSA) is 48.5 Å². The molecule has 0 N–H and O–H groups in total. The predicted octanol–water partition coefficient (Wildman–Crippen LogP) is 4.34. The van der Waals surface area contributed by atoms with Gasteiger partial charge in [0.15, 0.2) is 5.82 Å². The summed E-state index contributed by atoms with van der Waals surface area (Å²) < 4.78 is 44.2. The number of aromatic nitrogens is 3. The summed E-state index contributed by atoms with van der Waals surface area (Å²) in [6.07, 6.45) is -4.76. The van der Waals surface area contributed by atoms with Gasteiger partial charge in [-0.2, -0.15) is 0 Å². The number of benzene rings is 1. The number of hydrogen-bond acceptors (Lipinski definition) is 3. The molecule has 1 aromatic carbocycles. The fourth-order valence-corrected chi connectivity index (χ4v) is 3.17. The Bertz CT molecular complexity index is 1080. The molecule has 0 fully saturated rings. The SMILES string of the molecule is Cc1cc(OC(F)(F)F)ccc1-c1nn2c(C)cc(C(C)C)c2c(=O)n1C. The Balaban J connectivity index is 2.20. The van der Waals surface area contributed by atoms with E-state index < -0.39 is 6.36 Å². The molecular formula is C19H20F3N3O2. The highest BCUT2D eigenvalue weighted by Crippen LogP contribution is 2.29. The molecule has 0 saturated carbocycles. The molecular weight excluding hydrogens is 359 g/mol. The molecule has 0 aliphatic heterocycles. The van der Waals surface area contributed by atoms with Gasteiger partial charge in [0.25, 0.3) is 5.56 Å². The lowest BCUT2D eigenvalue weighted by Gasteiger charge is -2.14. The second-order valence-electron chi connectivity index (χ2n) is 6.87. The zero-order chi connectivity index (χ0) is 20.1. The number of nitrogens with zero attached hydrogens (tertiary/aromatic N) is 3. The van der Waals surface area contributed by atoms with Crippen LogP contribution in [0.15, 0.2) is 29.1 Å². The maximum atomic E-state index is 13.0. The average Bonchev–Trinajstić information content (AvgIpc) is 2.87. The van der Waals surface area contributed by atoms with Crippen molar-refractivity contribution in [1.82, 2.24) is 14.2 Å². The summed E-state index contributed by atoms with van der Waals surface area (Å²) in [4.78, 5) is 13.0. The van der Waals surface area contributed by atoms with Crippen molar-refractivity contribution in [2.75, 3.05) is 0 Å². The maximum absolute atomic E-state index is 13.0. The summed E-state index contributed by atoms with van der Waals surface area (Å²) in [6.45, 7) is 7.52. The van der Waals surface area contributed by atoms with E-state index in [1.54, 1.807) is 18.5 Å². The molecule has 2 heterocycles. The molecule has 0 bridgehead atoms. The first-order valence-electron chi connectivity index (χ1n) is 8.45. The van der Waals surface area contributed by atoms with Gasteiger partial charge in [0.1, 0.15) is 11.3 Å². The molecule has 8 heteroatoms. The van der Waals surface area contributed by atoms with Gasteiger partial charge in [-0.3, -0.25) is 9.36 Å². The second kappa shape index (κ2) is 6.44. The molecule has 0 amide bonds. The van der Waals surface area contributed by atoms with E-state index >= 15 is 0 Å². The molecule has 27 heavy (non-hydrogen) atoms. The molecule has 0 aliphatic carbocycles. The number of ether oxygens (including phenoxy) is 1. The van der Waals surface area contributed by atoms with Crippen molar-refractivity contribution in [2.24, 2.45) is 7.05 Å². The molecule has 3 rings (SSSR count). The van der Waals surface area contributed by atoms with E-state index in [1.807, 2.05) is 26.8 Å². The molecule has 0 radical (unpaired) electrons. The Hall–Kier alpha value is -2.77. The van der Waals surface area contributed by atoms with Gasteiger partial charge >= 0.3 is 6.36 Å². The number of aryl methyl sites for hydroxylation is 2. The van der Waals surface area contributed by atoms with Gasteiger partial charge in [0.05, 0.1) is 0 Å². The van der Waals surface area contributed by atoms with Crippen LogP contribution in [0.3, 0.4) is 0 Å². The average molecular weight is 379 g/mol. The number of hydrogen-bond donors (Lipinski definition) is 0. The Kier molecular flexibility index (Phi) is 4.53. The van der Waals surface area contributed by atoms with Gasteiger partial charge in [-0.25, -0.2) is 4.52 Å². The number of alkyl halides is 3. The number of halogens is 3. The predicted molar refractivity (Wildman–Crippen MR) is 96.1 cm³/mol. The monoisotopic (exact) mass is 379 g/mol. The lowest BCUT2D eigenvalue weighted by Crippen LogP contribution is -2.24. The van der Waals surface area contributed by atoms with Gasteiger partial charge in [0, 0.05) is 18.3 Å². The summed E-state index contributed by atoms with van der Waals surface area (Å²) in [5.74, 6) is 0.223. The van der Waals surface area contributed by atoms with Crippen molar-refractivity contribution >= 4 is 5.52 Å². The van der Waals surface area contributed by atoms with Crippen molar-refractivity contribution in [3.63, 3.8) is 0 Å². The third kappa shape index (κ3) is 3.43. The van der Waals surface area contributed by atoms with Crippen LogP contribution in [0, 0.1) is 13.8 Å². The van der Waals surface area contributed by atoms with Crippen LogP contribution >= 0.6 is 0 Å². The zero-order valence-electron chi connectivity index (χ0n) is 15.7. The molecule has 0 spiro atoms. The lowest BCUT2D eigenvalue weighted by molar-refractivity contribution is -0.274. The first kappa shape index (κ1) is 19.0. The smallest absolute Gasteiger partial charge is 0.406 e. The minimum atomic E-state index is -4.76. The summed E-state index contributed by atoms with van der Waals surface area (Å²) >= 11 is 0. The van der Waals surface area contributed by atoms with Crippen LogP contribution in [0.2, 0.25) is 0 Å². The van der Waals surface area contributed by atoms with E-state index in [2.05, 4.69) is 9.84 Å². The van der Waals surface area contributed by atoms with Crippen LogP contribution in [0.4, 0.5) is 13.2 Å².